The minimum atomic E-state index is -0.766. The number of fused-ring (bicyclic) bond motifs is 1. The van der Waals surface area contributed by atoms with Crippen LogP contribution in [0, 0.1) is 0 Å². The van der Waals surface area contributed by atoms with E-state index in [1.807, 2.05) is 72.8 Å². The van der Waals surface area contributed by atoms with Crippen molar-refractivity contribution in [2.45, 2.75) is 0 Å². The maximum Gasteiger partial charge on any atom is 0.513 e. The normalized spacial score (nSPS) is 10.7. The minimum Gasteiger partial charge on any atom is -0.437 e. The molecule has 0 saturated carbocycles. The second kappa shape index (κ2) is 6.72. The molecule has 5 nitrogen and oxygen atoms in total. The van der Waals surface area contributed by atoms with E-state index in [1.165, 1.54) is 7.11 Å². The molecule has 128 valence electrons. The number of hydrogen-bond acceptors (Lipinski definition) is 4. The van der Waals surface area contributed by atoms with Gasteiger partial charge in [-0.15, -0.1) is 0 Å². The second-order valence-electron chi connectivity index (χ2n) is 5.66. The molecule has 0 aliphatic heterocycles. The van der Waals surface area contributed by atoms with Gasteiger partial charge in [0.15, 0.2) is 5.75 Å². The lowest BCUT2D eigenvalue weighted by molar-refractivity contribution is 0.122. The highest BCUT2D eigenvalue weighted by atomic mass is 16.7. The Morgan fingerprint density at radius 3 is 2.19 bits per heavy atom. The van der Waals surface area contributed by atoms with Crippen molar-refractivity contribution in [3.63, 3.8) is 0 Å². The van der Waals surface area contributed by atoms with Crippen LogP contribution in [0.15, 0.2) is 79.0 Å². The summed E-state index contributed by atoms with van der Waals surface area (Å²) in [7, 11) is 1.29. The topological polar surface area (TPSA) is 52.8 Å². The van der Waals surface area contributed by atoms with Crippen LogP contribution in [0.25, 0.3) is 27.9 Å². The molecule has 0 bridgehead atoms. The standard InChI is InChI=1S/C21H16N2O3/c1-25-21(24)26-20-17-13-8-14-22-23(17)19(16-11-6-3-7-12-16)18(20)15-9-4-2-5-10-15/h2-14H,1H3. The van der Waals surface area contributed by atoms with Crippen molar-refractivity contribution in [1.29, 1.82) is 0 Å². The lowest BCUT2D eigenvalue weighted by Crippen LogP contribution is -2.07. The van der Waals surface area contributed by atoms with E-state index in [4.69, 9.17) is 9.47 Å². The monoisotopic (exact) mass is 344 g/mol. The predicted octanol–water partition coefficient (Wildman–Crippen LogP) is 4.81. The van der Waals surface area contributed by atoms with Crippen LogP contribution in [0.3, 0.4) is 0 Å². The van der Waals surface area contributed by atoms with Gasteiger partial charge in [-0.3, -0.25) is 0 Å². The smallest absolute Gasteiger partial charge is 0.437 e. The van der Waals surface area contributed by atoms with Gasteiger partial charge in [0.25, 0.3) is 0 Å². The number of nitrogens with zero attached hydrogens (tertiary/aromatic N) is 2. The summed E-state index contributed by atoms with van der Waals surface area (Å²) in [5.74, 6) is 0.426. The molecule has 0 spiro atoms. The van der Waals surface area contributed by atoms with Crippen LogP contribution < -0.4 is 4.74 Å². The van der Waals surface area contributed by atoms with Gasteiger partial charge in [-0.25, -0.2) is 9.31 Å². The number of carbonyl (C=O) groups excluding carboxylic acids is 1. The first kappa shape index (κ1) is 15.9. The third-order valence-electron chi connectivity index (χ3n) is 4.12. The molecular weight excluding hydrogens is 328 g/mol. The van der Waals surface area contributed by atoms with E-state index in [2.05, 4.69) is 5.10 Å². The molecule has 2 heterocycles. The number of methoxy groups -OCH3 is 1. The van der Waals surface area contributed by atoms with E-state index >= 15 is 0 Å². The molecule has 0 aliphatic rings. The van der Waals surface area contributed by atoms with E-state index in [0.29, 0.717) is 11.3 Å². The first-order valence-corrected chi connectivity index (χ1v) is 8.16. The maximum atomic E-state index is 11.9. The van der Waals surface area contributed by atoms with Crippen LogP contribution in [-0.2, 0) is 4.74 Å². The molecule has 0 amide bonds. The van der Waals surface area contributed by atoms with Crippen molar-refractivity contribution < 1.29 is 14.3 Å². The number of carbonyl (C=O) groups is 1. The summed E-state index contributed by atoms with van der Waals surface area (Å²) in [4.78, 5) is 11.9. The molecule has 2 aromatic carbocycles. The Morgan fingerprint density at radius 2 is 1.54 bits per heavy atom. The highest BCUT2D eigenvalue weighted by Crippen LogP contribution is 2.43. The van der Waals surface area contributed by atoms with Crippen LogP contribution >= 0.6 is 0 Å². The summed E-state index contributed by atoms with van der Waals surface area (Å²) in [6.45, 7) is 0. The Hall–Kier alpha value is -3.60. The van der Waals surface area contributed by atoms with Crippen molar-refractivity contribution in [1.82, 2.24) is 9.61 Å². The van der Waals surface area contributed by atoms with Gasteiger partial charge in [-0.1, -0.05) is 60.7 Å². The van der Waals surface area contributed by atoms with Gasteiger partial charge in [0.05, 0.1) is 18.4 Å². The minimum absolute atomic E-state index is 0.426. The molecule has 4 rings (SSSR count). The first-order valence-electron chi connectivity index (χ1n) is 8.16. The molecule has 0 fully saturated rings. The van der Waals surface area contributed by atoms with Gasteiger partial charge in [0, 0.05) is 11.8 Å². The molecule has 0 unspecified atom stereocenters. The fourth-order valence-electron chi connectivity index (χ4n) is 3.03. The van der Waals surface area contributed by atoms with Crippen LogP contribution in [0.2, 0.25) is 0 Å². The lowest BCUT2D eigenvalue weighted by atomic mass is 10.0. The lowest BCUT2D eigenvalue weighted by Gasteiger charge is -2.08. The van der Waals surface area contributed by atoms with Gasteiger partial charge in [0.1, 0.15) is 5.52 Å². The molecular formula is C21H16N2O3. The van der Waals surface area contributed by atoms with Crippen LogP contribution in [0.4, 0.5) is 4.79 Å². The molecule has 5 heteroatoms. The summed E-state index contributed by atoms with van der Waals surface area (Å²) in [5.41, 5.74) is 4.23. The Balaban J connectivity index is 2.10. The van der Waals surface area contributed by atoms with Crippen molar-refractivity contribution in [3.8, 4) is 28.1 Å². The van der Waals surface area contributed by atoms with Crippen LogP contribution in [-0.4, -0.2) is 22.9 Å². The van der Waals surface area contributed by atoms with Gasteiger partial charge in [-0.2, -0.15) is 5.10 Å². The Morgan fingerprint density at radius 1 is 0.885 bits per heavy atom. The summed E-state index contributed by atoms with van der Waals surface area (Å²) in [6, 6.07) is 23.4. The van der Waals surface area contributed by atoms with Gasteiger partial charge < -0.3 is 9.47 Å². The number of ether oxygens (including phenoxy) is 2. The SMILES string of the molecule is COC(=O)Oc1c(-c2ccccc2)c(-c2ccccc2)n2ncccc12. The zero-order chi connectivity index (χ0) is 17.9. The molecule has 26 heavy (non-hydrogen) atoms. The van der Waals surface area contributed by atoms with Crippen LogP contribution in [0.5, 0.6) is 5.75 Å². The van der Waals surface area contributed by atoms with E-state index < -0.39 is 6.16 Å². The van der Waals surface area contributed by atoms with Crippen molar-refractivity contribution in [2.75, 3.05) is 7.11 Å². The zero-order valence-electron chi connectivity index (χ0n) is 14.1. The molecule has 0 atom stereocenters. The predicted molar refractivity (Wildman–Crippen MR) is 99.1 cm³/mol. The van der Waals surface area contributed by atoms with Crippen molar-refractivity contribution in [2.24, 2.45) is 0 Å². The van der Waals surface area contributed by atoms with E-state index in [0.717, 1.165) is 22.4 Å². The van der Waals surface area contributed by atoms with Gasteiger partial charge in [0.2, 0.25) is 0 Å². The highest BCUT2D eigenvalue weighted by Gasteiger charge is 2.24. The van der Waals surface area contributed by atoms with Crippen LogP contribution in [0.1, 0.15) is 0 Å². The number of rotatable bonds is 3. The quantitative estimate of drug-likeness (QED) is 0.500. The summed E-state index contributed by atoms with van der Waals surface area (Å²) < 4.78 is 12.0. The van der Waals surface area contributed by atoms with Gasteiger partial charge in [-0.05, 0) is 17.7 Å². The fourth-order valence-corrected chi connectivity index (χ4v) is 3.03. The molecule has 0 radical (unpaired) electrons. The molecule has 2 aromatic heterocycles. The molecule has 4 aromatic rings. The Bertz CT molecular complexity index is 1060. The van der Waals surface area contributed by atoms with E-state index in [1.54, 1.807) is 10.7 Å². The zero-order valence-corrected chi connectivity index (χ0v) is 14.1. The number of aromatic nitrogens is 2. The van der Waals surface area contributed by atoms with Crippen molar-refractivity contribution >= 4 is 11.7 Å². The van der Waals surface area contributed by atoms with E-state index in [-0.39, 0.29) is 0 Å². The average Bonchev–Trinajstić information content (AvgIpc) is 3.03. The summed E-state index contributed by atoms with van der Waals surface area (Å²) in [5, 5.41) is 4.48. The maximum absolute atomic E-state index is 11.9. The molecule has 0 saturated heterocycles. The van der Waals surface area contributed by atoms with Crippen molar-refractivity contribution in [3.05, 3.63) is 79.0 Å². The second-order valence-corrected chi connectivity index (χ2v) is 5.66. The summed E-state index contributed by atoms with van der Waals surface area (Å²) >= 11 is 0. The van der Waals surface area contributed by atoms with E-state index in [9.17, 15) is 4.79 Å². The first-order chi connectivity index (χ1) is 12.8. The number of benzene rings is 2. The highest BCUT2D eigenvalue weighted by molar-refractivity contribution is 5.95. The Labute approximate surface area is 150 Å². The average molecular weight is 344 g/mol. The fraction of sp³-hybridized carbons (Fsp3) is 0.0476. The van der Waals surface area contributed by atoms with Gasteiger partial charge >= 0.3 is 6.16 Å². The Kier molecular flexibility index (Phi) is 4.11. The molecule has 0 aliphatic carbocycles. The molecule has 0 N–H and O–H groups in total. The summed E-state index contributed by atoms with van der Waals surface area (Å²) in [6.07, 6.45) is 0.939. The number of hydrogen-bond donors (Lipinski definition) is 0. The largest absolute Gasteiger partial charge is 0.513 e. The third kappa shape index (κ3) is 2.69. The third-order valence-corrected chi connectivity index (χ3v) is 4.12.